The van der Waals surface area contributed by atoms with Crippen LogP contribution in [0.4, 0.5) is 0 Å². The zero-order valence-electron chi connectivity index (χ0n) is 14.3. The summed E-state index contributed by atoms with van der Waals surface area (Å²) in [5, 5.41) is 5.23. The van der Waals surface area contributed by atoms with E-state index in [1.165, 1.54) is 4.88 Å². The van der Waals surface area contributed by atoms with Gasteiger partial charge in [0.15, 0.2) is 0 Å². The Kier molecular flexibility index (Phi) is 6.66. The van der Waals surface area contributed by atoms with Gasteiger partial charge in [0.1, 0.15) is 0 Å². The van der Waals surface area contributed by atoms with Gasteiger partial charge in [-0.25, -0.2) is 0 Å². The third-order valence-corrected chi connectivity index (χ3v) is 6.17. The highest BCUT2D eigenvalue weighted by molar-refractivity contribution is 7.09. The molecule has 2 fully saturated rings. The molecule has 1 amide bonds. The zero-order chi connectivity index (χ0) is 16.8. The summed E-state index contributed by atoms with van der Waals surface area (Å²) in [5.41, 5.74) is 6.13. The van der Waals surface area contributed by atoms with E-state index in [1.807, 2.05) is 11.3 Å². The molecule has 0 radical (unpaired) electrons. The summed E-state index contributed by atoms with van der Waals surface area (Å²) in [6.07, 6.45) is 4.10. The van der Waals surface area contributed by atoms with Gasteiger partial charge in [-0.15, -0.1) is 11.3 Å². The molecule has 24 heavy (non-hydrogen) atoms. The lowest BCUT2D eigenvalue weighted by Crippen LogP contribution is -2.48. The molecular formula is C18H29N3O2S. The highest BCUT2D eigenvalue weighted by Gasteiger charge is 2.27. The number of carbonyl (C=O) groups is 1. The second kappa shape index (κ2) is 8.94. The van der Waals surface area contributed by atoms with E-state index >= 15 is 0 Å². The quantitative estimate of drug-likeness (QED) is 0.820. The third-order valence-electron chi connectivity index (χ3n) is 5.31. The van der Waals surface area contributed by atoms with Crippen LogP contribution in [-0.4, -0.2) is 49.7 Å². The van der Waals surface area contributed by atoms with Crippen molar-refractivity contribution in [2.45, 2.75) is 38.3 Å². The Bertz CT molecular complexity index is 494. The largest absolute Gasteiger partial charge is 0.381 e. The molecule has 1 aromatic rings. The number of amides is 1. The summed E-state index contributed by atoms with van der Waals surface area (Å²) in [4.78, 5) is 16.2. The van der Waals surface area contributed by atoms with E-state index in [0.717, 1.165) is 65.1 Å². The number of nitrogens with one attached hydrogen (secondary N) is 1. The molecule has 6 heteroatoms. The zero-order valence-corrected chi connectivity index (χ0v) is 15.1. The fraction of sp³-hybridized carbons (Fsp3) is 0.722. The molecule has 0 spiro atoms. The van der Waals surface area contributed by atoms with E-state index in [9.17, 15) is 4.79 Å². The molecule has 2 aliphatic heterocycles. The summed E-state index contributed by atoms with van der Waals surface area (Å²) >= 11 is 1.83. The molecule has 3 N–H and O–H groups in total. The maximum atomic E-state index is 12.3. The Morgan fingerprint density at radius 3 is 2.75 bits per heavy atom. The Morgan fingerprint density at radius 2 is 2.08 bits per heavy atom. The van der Waals surface area contributed by atoms with Crippen LogP contribution in [0.15, 0.2) is 17.5 Å². The number of hydrogen-bond acceptors (Lipinski definition) is 5. The second-order valence-electron chi connectivity index (χ2n) is 7.02. The number of piperidine rings is 1. The van der Waals surface area contributed by atoms with E-state index in [2.05, 4.69) is 27.7 Å². The van der Waals surface area contributed by atoms with Crippen molar-refractivity contribution < 1.29 is 9.53 Å². The van der Waals surface area contributed by atoms with Crippen LogP contribution in [0, 0.1) is 11.8 Å². The fourth-order valence-electron chi connectivity index (χ4n) is 3.62. The molecule has 0 saturated carbocycles. The van der Waals surface area contributed by atoms with Crippen molar-refractivity contribution in [1.29, 1.82) is 0 Å². The number of thiophene rings is 1. The van der Waals surface area contributed by atoms with Gasteiger partial charge < -0.3 is 15.8 Å². The Morgan fingerprint density at radius 1 is 1.33 bits per heavy atom. The molecule has 1 aromatic heterocycles. The predicted octanol–water partition coefficient (Wildman–Crippen LogP) is 1.83. The number of likely N-dealkylation sites (tertiary alicyclic amines) is 1. The van der Waals surface area contributed by atoms with Gasteiger partial charge in [0.05, 0.1) is 6.04 Å². The van der Waals surface area contributed by atoms with Gasteiger partial charge in [-0.2, -0.15) is 0 Å². The topological polar surface area (TPSA) is 67.6 Å². The molecule has 3 heterocycles. The van der Waals surface area contributed by atoms with Crippen molar-refractivity contribution in [3.63, 3.8) is 0 Å². The minimum Gasteiger partial charge on any atom is -0.381 e. The molecule has 5 nitrogen and oxygen atoms in total. The number of nitrogens with zero attached hydrogens (tertiary/aromatic N) is 1. The van der Waals surface area contributed by atoms with Gasteiger partial charge in [-0.3, -0.25) is 9.69 Å². The molecule has 0 bridgehead atoms. The summed E-state index contributed by atoms with van der Waals surface area (Å²) in [6.45, 7) is 5.52. The van der Waals surface area contributed by atoms with E-state index in [1.54, 1.807) is 0 Å². The SMILES string of the molecule is NC(C(=O)NCC1CCN(Cc2cccs2)CC1)C1CCOCC1. The van der Waals surface area contributed by atoms with Gasteiger partial charge in [-0.1, -0.05) is 6.07 Å². The molecule has 2 saturated heterocycles. The van der Waals surface area contributed by atoms with Crippen LogP contribution in [-0.2, 0) is 16.1 Å². The predicted molar refractivity (Wildman–Crippen MR) is 96.8 cm³/mol. The Balaban J connectivity index is 1.34. The van der Waals surface area contributed by atoms with Gasteiger partial charge in [-0.05, 0) is 62.1 Å². The number of nitrogens with two attached hydrogens (primary N) is 1. The van der Waals surface area contributed by atoms with Gasteiger partial charge in [0.25, 0.3) is 0 Å². The highest BCUT2D eigenvalue weighted by Crippen LogP contribution is 2.21. The molecular weight excluding hydrogens is 322 g/mol. The molecule has 1 unspecified atom stereocenters. The first-order valence-electron chi connectivity index (χ1n) is 9.08. The third kappa shape index (κ3) is 5.02. The first kappa shape index (κ1) is 17.9. The molecule has 1 atom stereocenters. The minimum absolute atomic E-state index is 0.0166. The standard InChI is InChI=1S/C18H29N3O2S/c19-17(15-5-9-23-10-6-15)18(22)20-12-14-3-7-21(8-4-14)13-16-2-1-11-24-16/h1-2,11,14-15,17H,3-10,12-13,19H2,(H,20,22). The van der Waals surface area contributed by atoms with Crippen LogP contribution in [0.5, 0.6) is 0 Å². The van der Waals surface area contributed by atoms with Crippen LogP contribution < -0.4 is 11.1 Å². The first-order chi connectivity index (χ1) is 11.7. The summed E-state index contributed by atoms with van der Waals surface area (Å²) < 4.78 is 5.34. The number of ether oxygens (including phenoxy) is 1. The molecule has 0 aliphatic carbocycles. The fourth-order valence-corrected chi connectivity index (χ4v) is 4.37. The second-order valence-corrected chi connectivity index (χ2v) is 8.05. The van der Waals surface area contributed by atoms with Gasteiger partial charge in [0, 0.05) is 31.2 Å². The normalized spacial score (nSPS) is 22.4. The van der Waals surface area contributed by atoms with Crippen molar-refractivity contribution >= 4 is 17.2 Å². The lowest BCUT2D eigenvalue weighted by molar-refractivity contribution is -0.124. The number of rotatable bonds is 6. The van der Waals surface area contributed by atoms with E-state index in [4.69, 9.17) is 10.5 Å². The molecule has 0 aromatic carbocycles. The van der Waals surface area contributed by atoms with Gasteiger partial charge >= 0.3 is 0 Å². The van der Waals surface area contributed by atoms with Crippen molar-refractivity contribution in [3.8, 4) is 0 Å². The van der Waals surface area contributed by atoms with Crippen molar-refractivity contribution in [1.82, 2.24) is 10.2 Å². The van der Waals surface area contributed by atoms with E-state index in [0.29, 0.717) is 5.92 Å². The van der Waals surface area contributed by atoms with Crippen LogP contribution in [0.25, 0.3) is 0 Å². The lowest BCUT2D eigenvalue weighted by Gasteiger charge is -2.32. The summed E-state index contributed by atoms with van der Waals surface area (Å²) in [6, 6.07) is 3.94. The average molecular weight is 352 g/mol. The molecule has 2 aliphatic rings. The summed E-state index contributed by atoms with van der Waals surface area (Å²) in [7, 11) is 0. The molecule has 134 valence electrons. The van der Waals surface area contributed by atoms with E-state index < -0.39 is 0 Å². The maximum Gasteiger partial charge on any atom is 0.237 e. The average Bonchev–Trinajstić information content (AvgIpc) is 3.14. The van der Waals surface area contributed by atoms with Crippen LogP contribution in [0.3, 0.4) is 0 Å². The number of carbonyl (C=O) groups excluding carboxylic acids is 1. The smallest absolute Gasteiger partial charge is 0.237 e. The van der Waals surface area contributed by atoms with Crippen molar-refractivity contribution in [2.24, 2.45) is 17.6 Å². The monoisotopic (exact) mass is 351 g/mol. The maximum absolute atomic E-state index is 12.3. The first-order valence-corrected chi connectivity index (χ1v) is 9.96. The Hall–Kier alpha value is -0.950. The lowest BCUT2D eigenvalue weighted by atomic mass is 9.91. The Labute approximate surface area is 148 Å². The van der Waals surface area contributed by atoms with E-state index in [-0.39, 0.29) is 17.9 Å². The van der Waals surface area contributed by atoms with Crippen LogP contribution in [0.2, 0.25) is 0 Å². The summed E-state index contributed by atoms with van der Waals surface area (Å²) in [5.74, 6) is 0.865. The molecule has 3 rings (SSSR count). The highest BCUT2D eigenvalue weighted by atomic mass is 32.1. The van der Waals surface area contributed by atoms with Crippen molar-refractivity contribution in [3.05, 3.63) is 22.4 Å². The number of hydrogen-bond donors (Lipinski definition) is 2. The van der Waals surface area contributed by atoms with Crippen LogP contribution >= 0.6 is 11.3 Å². The van der Waals surface area contributed by atoms with Gasteiger partial charge in [0.2, 0.25) is 5.91 Å². The minimum atomic E-state index is -0.382. The van der Waals surface area contributed by atoms with Crippen LogP contribution in [0.1, 0.15) is 30.6 Å². The van der Waals surface area contributed by atoms with Crippen molar-refractivity contribution in [2.75, 3.05) is 32.8 Å².